The first-order valence-electron chi connectivity index (χ1n) is 8.48. The van der Waals surface area contributed by atoms with E-state index in [2.05, 4.69) is 11.8 Å². The number of hydrogen-bond donors (Lipinski definition) is 0. The molecule has 1 amide bonds. The minimum Gasteiger partial charge on any atom is -0.497 e. The molecule has 0 unspecified atom stereocenters. The van der Waals surface area contributed by atoms with Crippen LogP contribution in [-0.4, -0.2) is 62.7 Å². The van der Waals surface area contributed by atoms with Gasteiger partial charge in [0.2, 0.25) is 5.91 Å². The number of nitrogens with zero attached hydrogens (tertiary/aromatic N) is 2. The molecule has 1 fully saturated rings. The Labute approximate surface area is 144 Å². The van der Waals surface area contributed by atoms with Crippen LogP contribution in [0.2, 0.25) is 0 Å². The highest BCUT2D eigenvalue weighted by atomic mass is 16.5. The summed E-state index contributed by atoms with van der Waals surface area (Å²) in [5.74, 6) is 1.45. The number of methoxy groups -OCH3 is 2. The molecule has 1 aliphatic rings. The fourth-order valence-corrected chi connectivity index (χ4v) is 3.04. The molecule has 0 aromatic heterocycles. The van der Waals surface area contributed by atoms with E-state index >= 15 is 0 Å². The second-order valence-corrected chi connectivity index (χ2v) is 6.06. The number of carbonyl (C=O) groups excluding carboxylic acids is 1. The number of benzene rings is 1. The summed E-state index contributed by atoms with van der Waals surface area (Å²) in [4.78, 5) is 16.7. The number of hydrogen-bond acceptors (Lipinski definition) is 4. The molecule has 1 saturated heterocycles. The van der Waals surface area contributed by atoms with Crippen molar-refractivity contribution < 1.29 is 14.3 Å². The van der Waals surface area contributed by atoms with Crippen molar-refractivity contribution in [2.24, 2.45) is 0 Å². The summed E-state index contributed by atoms with van der Waals surface area (Å²) in [6.45, 7) is 5.39. The molecule has 0 N–H and O–H groups in total. The van der Waals surface area contributed by atoms with Crippen molar-refractivity contribution in [1.82, 2.24) is 9.80 Å². The van der Waals surface area contributed by atoms with Gasteiger partial charge in [0.15, 0.2) is 0 Å². The molecule has 0 radical (unpaired) electrons. The van der Waals surface area contributed by atoms with Gasteiger partial charge in [0, 0.05) is 43.9 Å². The van der Waals surface area contributed by atoms with Crippen LogP contribution in [-0.2, 0) is 4.79 Å². The van der Waals surface area contributed by atoms with E-state index in [-0.39, 0.29) is 5.91 Å². The van der Waals surface area contributed by atoms with Gasteiger partial charge < -0.3 is 19.3 Å². The smallest absolute Gasteiger partial charge is 0.246 e. The van der Waals surface area contributed by atoms with Crippen LogP contribution in [0.5, 0.6) is 11.5 Å². The lowest BCUT2D eigenvalue weighted by Crippen LogP contribution is -2.45. The average Bonchev–Trinajstić information content (AvgIpc) is 2.65. The summed E-state index contributed by atoms with van der Waals surface area (Å²) < 4.78 is 10.5. The van der Waals surface area contributed by atoms with Gasteiger partial charge in [-0.25, -0.2) is 0 Å². The topological polar surface area (TPSA) is 42.0 Å². The molecule has 132 valence electrons. The average molecular weight is 332 g/mol. The predicted molar refractivity (Wildman–Crippen MR) is 96.5 cm³/mol. The second-order valence-electron chi connectivity index (χ2n) is 6.06. The maximum atomic E-state index is 12.4. The van der Waals surface area contributed by atoms with Crippen LogP contribution in [0, 0.1) is 0 Å². The summed E-state index contributed by atoms with van der Waals surface area (Å²) in [5.41, 5.74) is 0.862. The highest BCUT2D eigenvalue weighted by Gasteiger charge is 2.23. The summed E-state index contributed by atoms with van der Waals surface area (Å²) in [6, 6.07) is 5.88. The molecule has 24 heavy (non-hydrogen) atoms. The molecule has 0 spiro atoms. The molecule has 1 aromatic rings. The van der Waals surface area contributed by atoms with Gasteiger partial charge in [0.1, 0.15) is 11.5 Å². The number of carbonyl (C=O) groups is 1. The van der Waals surface area contributed by atoms with Crippen LogP contribution in [0.1, 0.15) is 25.3 Å². The first kappa shape index (κ1) is 18.3. The third kappa shape index (κ3) is 4.51. The van der Waals surface area contributed by atoms with Gasteiger partial charge in [0.25, 0.3) is 0 Å². The van der Waals surface area contributed by atoms with Gasteiger partial charge >= 0.3 is 0 Å². The van der Waals surface area contributed by atoms with E-state index in [0.717, 1.165) is 43.8 Å². The zero-order chi connectivity index (χ0) is 17.5. The van der Waals surface area contributed by atoms with Gasteiger partial charge in [-0.15, -0.1) is 0 Å². The second kappa shape index (κ2) is 8.73. The third-order valence-electron chi connectivity index (χ3n) is 4.75. The number of likely N-dealkylation sites (N-methyl/N-ethyl adjacent to an activating group) is 1. The van der Waals surface area contributed by atoms with E-state index < -0.39 is 0 Å². The lowest BCUT2D eigenvalue weighted by Gasteiger charge is -2.35. The van der Waals surface area contributed by atoms with E-state index in [1.54, 1.807) is 26.4 Å². The standard InChI is InChI=1S/C19H28N2O3/c1-5-21-12-10-16(11-13-21)20(2)19(22)9-7-15-6-8-17(23-3)14-18(15)24-4/h6-9,14,16H,5,10-13H2,1-4H3/b9-7+. The number of rotatable bonds is 6. The molecule has 1 heterocycles. The monoisotopic (exact) mass is 332 g/mol. The predicted octanol–water partition coefficient (Wildman–Crippen LogP) is 2.66. The fraction of sp³-hybridized carbons (Fsp3) is 0.526. The van der Waals surface area contributed by atoms with E-state index in [0.29, 0.717) is 11.8 Å². The Morgan fingerprint density at radius 3 is 2.58 bits per heavy atom. The Bertz CT molecular complexity index is 578. The van der Waals surface area contributed by atoms with Crippen LogP contribution in [0.25, 0.3) is 6.08 Å². The SMILES string of the molecule is CCN1CCC(N(C)C(=O)/C=C/c2ccc(OC)cc2OC)CC1. The Balaban J connectivity index is 1.99. The fourth-order valence-electron chi connectivity index (χ4n) is 3.04. The molecule has 0 bridgehead atoms. The molecular formula is C19H28N2O3. The first-order valence-corrected chi connectivity index (χ1v) is 8.48. The highest BCUT2D eigenvalue weighted by Crippen LogP contribution is 2.25. The van der Waals surface area contributed by atoms with E-state index in [9.17, 15) is 4.79 Å². The lowest BCUT2D eigenvalue weighted by atomic mass is 10.0. The molecule has 2 rings (SSSR count). The van der Waals surface area contributed by atoms with Crippen LogP contribution >= 0.6 is 0 Å². The number of amides is 1. The van der Waals surface area contributed by atoms with Gasteiger partial charge in [-0.05, 0) is 37.6 Å². The number of ether oxygens (including phenoxy) is 2. The summed E-state index contributed by atoms with van der Waals surface area (Å²) in [7, 11) is 5.12. The van der Waals surface area contributed by atoms with Crippen LogP contribution in [0.4, 0.5) is 0 Å². The number of piperidine rings is 1. The molecule has 1 aromatic carbocycles. The van der Waals surface area contributed by atoms with Gasteiger partial charge in [-0.2, -0.15) is 0 Å². The van der Waals surface area contributed by atoms with Crippen LogP contribution in [0.3, 0.4) is 0 Å². The Hall–Kier alpha value is -2.01. The molecule has 0 saturated carbocycles. The van der Waals surface area contributed by atoms with Crippen molar-refractivity contribution in [1.29, 1.82) is 0 Å². The third-order valence-corrected chi connectivity index (χ3v) is 4.75. The van der Waals surface area contributed by atoms with Crippen molar-refractivity contribution in [2.75, 3.05) is 40.9 Å². The molecule has 5 heteroatoms. The van der Waals surface area contributed by atoms with Crippen molar-refractivity contribution in [3.05, 3.63) is 29.8 Å². The summed E-state index contributed by atoms with van der Waals surface area (Å²) >= 11 is 0. The van der Waals surface area contributed by atoms with Gasteiger partial charge in [-0.3, -0.25) is 4.79 Å². The summed E-state index contributed by atoms with van der Waals surface area (Å²) in [6.07, 6.45) is 5.50. The lowest BCUT2D eigenvalue weighted by molar-refractivity contribution is -0.127. The molecule has 1 aliphatic heterocycles. The van der Waals surface area contributed by atoms with E-state index in [1.165, 1.54) is 0 Å². The van der Waals surface area contributed by atoms with Crippen LogP contribution < -0.4 is 9.47 Å². The minimum absolute atomic E-state index is 0.0304. The van der Waals surface area contributed by atoms with Crippen molar-refractivity contribution in [3.8, 4) is 11.5 Å². The van der Waals surface area contributed by atoms with E-state index in [1.807, 2.05) is 30.1 Å². The minimum atomic E-state index is 0.0304. The zero-order valence-electron chi connectivity index (χ0n) is 15.1. The number of likely N-dealkylation sites (tertiary alicyclic amines) is 1. The summed E-state index contributed by atoms with van der Waals surface area (Å²) in [5, 5.41) is 0. The van der Waals surface area contributed by atoms with Crippen molar-refractivity contribution >= 4 is 12.0 Å². The highest BCUT2D eigenvalue weighted by molar-refractivity contribution is 5.92. The van der Waals surface area contributed by atoms with Gasteiger partial charge in [-0.1, -0.05) is 6.92 Å². The van der Waals surface area contributed by atoms with Gasteiger partial charge in [0.05, 0.1) is 14.2 Å². The quantitative estimate of drug-likeness (QED) is 0.751. The Morgan fingerprint density at radius 1 is 1.29 bits per heavy atom. The maximum Gasteiger partial charge on any atom is 0.246 e. The zero-order valence-corrected chi connectivity index (χ0v) is 15.1. The van der Waals surface area contributed by atoms with Crippen molar-refractivity contribution in [3.63, 3.8) is 0 Å². The molecule has 0 aliphatic carbocycles. The first-order chi connectivity index (χ1) is 11.6. The van der Waals surface area contributed by atoms with E-state index in [4.69, 9.17) is 9.47 Å². The normalized spacial score (nSPS) is 16.3. The van der Waals surface area contributed by atoms with Crippen molar-refractivity contribution in [2.45, 2.75) is 25.8 Å². The largest absolute Gasteiger partial charge is 0.497 e. The van der Waals surface area contributed by atoms with Crippen LogP contribution in [0.15, 0.2) is 24.3 Å². The molecule has 0 atom stereocenters. The molecular weight excluding hydrogens is 304 g/mol. The maximum absolute atomic E-state index is 12.4. The Kier molecular flexibility index (Phi) is 6.67. The molecule has 5 nitrogen and oxygen atoms in total. The Morgan fingerprint density at radius 2 is 2.00 bits per heavy atom.